The van der Waals surface area contributed by atoms with E-state index in [1.165, 1.54) is 7.11 Å². The van der Waals surface area contributed by atoms with Gasteiger partial charge in [0, 0.05) is 19.4 Å². The molecule has 1 aliphatic rings. The Hall–Kier alpha value is -2.40. The second kappa shape index (κ2) is 7.04. The van der Waals surface area contributed by atoms with Crippen LogP contribution in [-0.4, -0.2) is 44.1 Å². The number of carbonyl (C=O) groups excluding carboxylic acids is 2. The van der Waals surface area contributed by atoms with Crippen LogP contribution >= 0.6 is 0 Å². The van der Waals surface area contributed by atoms with Crippen molar-refractivity contribution in [1.82, 2.24) is 4.90 Å². The van der Waals surface area contributed by atoms with Crippen LogP contribution < -0.4 is 0 Å². The van der Waals surface area contributed by atoms with Gasteiger partial charge in [-0.15, -0.1) is 0 Å². The lowest BCUT2D eigenvalue weighted by Crippen LogP contribution is -2.28. The first-order chi connectivity index (χ1) is 10.6. The number of ether oxygens (including phenoxy) is 2. The van der Waals surface area contributed by atoms with E-state index in [2.05, 4.69) is 0 Å². The highest BCUT2D eigenvalue weighted by molar-refractivity contribution is 6.16. The average molecular weight is 301 g/mol. The summed E-state index contributed by atoms with van der Waals surface area (Å²) in [5.41, 5.74) is 2.11. The van der Waals surface area contributed by atoms with E-state index in [1.807, 2.05) is 30.3 Å². The van der Waals surface area contributed by atoms with Gasteiger partial charge in [-0.1, -0.05) is 30.3 Å². The Morgan fingerprint density at radius 2 is 1.91 bits per heavy atom. The number of hydrogen-bond acceptors (Lipinski definition) is 4. The molecule has 1 heterocycles. The molecule has 0 fully saturated rings. The number of hydrogen-bond donors (Lipinski definition) is 0. The number of carbonyl (C=O) groups is 2. The Morgan fingerprint density at radius 3 is 2.50 bits per heavy atom. The number of rotatable bonds is 5. The monoisotopic (exact) mass is 301 g/mol. The Kier molecular flexibility index (Phi) is 5.12. The topological polar surface area (TPSA) is 55.8 Å². The summed E-state index contributed by atoms with van der Waals surface area (Å²) in [6.45, 7) is 2.54. The predicted molar refractivity (Wildman–Crippen MR) is 82.7 cm³/mol. The maximum Gasteiger partial charge on any atom is 0.340 e. The molecule has 0 saturated carbocycles. The minimum absolute atomic E-state index is 0.209. The van der Waals surface area contributed by atoms with Crippen LogP contribution in [-0.2, 0) is 19.1 Å². The molecule has 0 unspecified atom stereocenters. The predicted octanol–water partition coefficient (Wildman–Crippen LogP) is 2.01. The normalized spacial score (nSPS) is 16.6. The molecular formula is C17H19NO4. The lowest BCUT2D eigenvalue weighted by atomic mass is 10.0. The maximum atomic E-state index is 12.6. The summed E-state index contributed by atoms with van der Waals surface area (Å²) in [6.07, 6.45) is 1.71. The van der Waals surface area contributed by atoms with E-state index in [-0.39, 0.29) is 5.91 Å². The van der Waals surface area contributed by atoms with Gasteiger partial charge in [0.05, 0.1) is 24.9 Å². The number of amides is 1. The van der Waals surface area contributed by atoms with Crippen molar-refractivity contribution in [3.05, 3.63) is 52.7 Å². The van der Waals surface area contributed by atoms with Crippen LogP contribution in [0.3, 0.4) is 0 Å². The number of benzene rings is 1. The Labute approximate surface area is 129 Å². The molecule has 0 aromatic heterocycles. The van der Waals surface area contributed by atoms with Crippen molar-refractivity contribution in [1.29, 1.82) is 0 Å². The number of methoxy groups -OCH3 is 2. The first kappa shape index (κ1) is 16.0. The van der Waals surface area contributed by atoms with Crippen molar-refractivity contribution < 1.29 is 19.1 Å². The molecule has 0 N–H and O–H groups in total. The summed E-state index contributed by atoms with van der Waals surface area (Å²) in [5.74, 6) is -0.716. The summed E-state index contributed by atoms with van der Waals surface area (Å²) < 4.78 is 9.85. The molecule has 0 saturated heterocycles. The zero-order valence-electron chi connectivity index (χ0n) is 13.0. The quantitative estimate of drug-likeness (QED) is 0.616. The Morgan fingerprint density at radius 1 is 1.23 bits per heavy atom. The molecule has 0 atom stereocenters. The van der Waals surface area contributed by atoms with E-state index in [9.17, 15) is 9.59 Å². The second-order valence-corrected chi connectivity index (χ2v) is 4.87. The molecule has 1 aromatic rings. The summed E-state index contributed by atoms with van der Waals surface area (Å²) in [6, 6.07) is 9.40. The highest BCUT2D eigenvalue weighted by Crippen LogP contribution is 2.31. The molecule has 1 aromatic carbocycles. The molecule has 116 valence electrons. The number of allylic oxidation sites excluding steroid dienone is 1. The molecule has 5 heteroatoms. The highest BCUT2D eigenvalue weighted by atomic mass is 16.5. The van der Waals surface area contributed by atoms with Crippen LogP contribution in [0.4, 0.5) is 0 Å². The van der Waals surface area contributed by atoms with Gasteiger partial charge in [-0.25, -0.2) is 4.79 Å². The lowest BCUT2D eigenvalue weighted by molar-refractivity contribution is -0.136. The fourth-order valence-corrected chi connectivity index (χ4v) is 2.40. The van der Waals surface area contributed by atoms with Gasteiger partial charge in [0.1, 0.15) is 0 Å². The SMILES string of the molecule is COCCN1C(=O)/C(=C\c2ccccc2)C(C(=O)OC)=C1C. The standard InChI is InChI=1S/C17H19NO4/c1-12-15(17(20)22-3)14(11-13-7-5-4-6-8-13)16(19)18(12)9-10-21-2/h4-8,11H,9-10H2,1-3H3/b14-11-. The Bertz CT molecular complexity index is 631. The van der Waals surface area contributed by atoms with Crippen molar-refractivity contribution in [2.45, 2.75) is 6.92 Å². The van der Waals surface area contributed by atoms with Crippen LogP contribution in [0.25, 0.3) is 6.08 Å². The third kappa shape index (κ3) is 3.09. The van der Waals surface area contributed by atoms with Crippen LogP contribution in [0, 0.1) is 0 Å². The zero-order chi connectivity index (χ0) is 16.1. The van der Waals surface area contributed by atoms with Crippen LogP contribution in [0.5, 0.6) is 0 Å². The molecular weight excluding hydrogens is 282 g/mol. The van der Waals surface area contributed by atoms with E-state index in [0.29, 0.717) is 30.0 Å². The minimum Gasteiger partial charge on any atom is -0.465 e. The molecule has 0 aliphatic carbocycles. The van der Waals surface area contributed by atoms with Crippen LogP contribution in [0.1, 0.15) is 12.5 Å². The van der Waals surface area contributed by atoms with Gasteiger partial charge < -0.3 is 14.4 Å². The smallest absolute Gasteiger partial charge is 0.340 e. The van der Waals surface area contributed by atoms with Gasteiger partial charge >= 0.3 is 5.97 Å². The minimum atomic E-state index is -0.507. The molecule has 5 nitrogen and oxygen atoms in total. The summed E-state index contributed by atoms with van der Waals surface area (Å²) in [7, 11) is 2.88. The van der Waals surface area contributed by atoms with Crippen molar-refractivity contribution in [3.8, 4) is 0 Å². The first-order valence-corrected chi connectivity index (χ1v) is 6.97. The van der Waals surface area contributed by atoms with Crippen molar-refractivity contribution in [2.24, 2.45) is 0 Å². The van der Waals surface area contributed by atoms with Gasteiger partial charge in [-0.3, -0.25) is 4.79 Å². The molecule has 0 spiro atoms. The molecule has 0 bridgehead atoms. The first-order valence-electron chi connectivity index (χ1n) is 6.97. The molecule has 1 amide bonds. The largest absolute Gasteiger partial charge is 0.465 e. The maximum absolute atomic E-state index is 12.6. The van der Waals surface area contributed by atoms with Gasteiger partial charge in [-0.05, 0) is 18.6 Å². The van der Waals surface area contributed by atoms with Gasteiger partial charge in [0.2, 0.25) is 0 Å². The van der Waals surface area contributed by atoms with Gasteiger partial charge in [0.25, 0.3) is 5.91 Å². The van der Waals surface area contributed by atoms with Gasteiger partial charge in [0.15, 0.2) is 0 Å². The van der Waals surface area contributed by atoms with E-state index in [0.717, 1.165) is 5.56 Å². The Balaban J connectivity index is 2.45. The van der Waals surface area contributed by atoms with Gasteiger partial charge in [-0.2, -0.15) is 0 Å². The molecule has 1 aliphatic heterocycles. The van der Waals surface area contributed by atoms with E-state index < -0.39 is 5.97 Å². The molecule has 2 rings (SSSR count). The number of esters is 1. The second-order valence-electron chi connectivity index (χ2n) is 4.87. The lowest BCUT2D eigenvalue weighted by Gasteiger charge is -2.16. The van der Waals surface area contributed by atoms with E-state index in [4.69, 9.17) is 9.47 Å². The molecule has 0 radical (unpaired) electrons. The average Bonchev–Trinajstić information content (AvgIpc) is 2.76. The summed E-state index contributed by atoms with van der Waals surface area (Å²) in [4.78, 5) is 26.2. The fourth-order valence-electron chi connectivity index (χ4n) is 2.40. The van der Waals surface area contributed by atoms with Crippen LogP contribution in [0.15, 0.2) is 47.2 Å². The van der Waals surface area contributed by atoms with Crippen molar-refractivity contribution in [2.75, 3.05) is 27.4 Å². The van der Waals surface area contributed by atoms with E-state index >= 15 is 0 Å². The third-order valence-electron chi connectivity index (χ3n) is 3.53. The number of nitrogens with zero attached hydrogens (tertiary/aromatic N) is 1. The third-order valence-corrected chi connectivity index (χ3v) is 3.53. The van der Waals surface area contributed by atoms with Crippen molar-refractivity contribution in [3.63, 3.8) is 0 Å². The zero-order valence-corrected chi connectivity index (χ0v) is 13.0. The van der Waals surface area contributed by atoms with Crippen LogP contribution in [0.2, 0.25) is 0 Å². The highest BCUT2D eigenvalue weighted by Gasteiger charge is 2.36. The summed E-state index contributed by atoms with van der Waals surface area (Å²) >= 11 is 0. The summed E-state index contributed by atoms with van der Waals surface area (Å²) in [5, 5.41) is 0. The van der Waals surface area contributed by atoms with E-state index in [1.54, 1.807) is 25.0 Å². The fraction of sp³-hybridized carbons (Fsp3) is 0.294. The molecule has 22 heavy (non-hydrogen) atoms. The van der Waals surface area contributed by atoms with Crippen molar-refractivity contribution >= 4 is 18.0 Å².